The zero-order valence-corrected chi connectivity index (χ0v) is 26.8. The highest BCUT2D eigenvalue weighted by molar-refractivity contribution is 6.30. The van der Waals surface area contributed by atoms with Gasteiger partial charge in [-0.05, 0) is 55.7 Å². The molecule has 0 spiro atoms. The van der Waals surface area contributed by atoms with Gasteiger partial charge in [0.2, 0.25) is 0 Å². The summed E-state index contributed by atoms with van der Waals surface area (Å²) in [4.78, 5) is 27.1. The van der Waals surface area contributed by atoms with Crippen molar-refractivity contribution in [3.63, 3.8) is 0 Å². The average molecular weight is 646 g/mol. The topological polar surface area (TPSA) is 100 Å². The predicted octanol–water partition coefficient (Wildman–Crippen LogP) is 5.17. The van der Waals surface area contributed by atoms with E-state index in [2.05, 4.69) is 25.4 Å². The third-order valence-corrected chi connectivity index (χ3v) is 10.0. The third-order valence-electron chi connectivity index (χ3n) is 9.82. The van der Waals surface area contributed by atoms with Crippen LogP contribution >= 0.6 is 11.6 Å². The maximum atomic E-state index is 12.5. The quantitative estimate of drug-likeness (QED) is 0.239. The minimum Gasteiger partial charge on any atom is -0.494 e. The van der Waals surface area contributed by atoms with E-state index in [1.54, 1.807) is 25.4 Å². The smallest absolute Gasteiger partial charge is 0.338 e. The number of esters is 1. The molecule has 0 N–H and O–H groups in total. The highest BCUT2D eigenvalue weighted by Gasteiger charge is 2.47. The lowest BCUT2D eigenvalue weighted by Gasteiger charge is -2.54. The fourth-order valence-corrected chi connectivity index (χ4v) is 7.29. The fourth-order valence-electron chi connectivity index (χ4n) is 7.17. The number of methoxy groups -OCH3 is 2. The summed E-state index contributed by atoms with van der Waals surface area (Å²) in [5.41, 5.74) is 3.73. The maximum absolute atomic E-state index is 12.5. The summed E-state index contributed by atoms with van der Waals surface area (Å²) in [5, 5.41) is 0.564. The molecule has 4 aliphatic rings. The van der Waals surface area contributed by atoms with Gasteiger partial charge >= 0.3 is 5.97 Å². The van der Waals surface area contributed by atoms with Gasteiger partial charge in [0.15, 0.2) is 11.5 Å². The van der Waals surface area contributed by atoms with Crippen LogP contribution in [0.5, 0.6) is 17.2 Å². The molecular weight excluding hydrogens is 610 g/mol. The summed E-state index contributed by atoms with van der Waals surface area (Å²) >= 11 is 6.09. The van der Waals surface area contributed by atoms with Crippen molar-refractivity contribution in [3.05, 3.63) is 70.8 Å². The average Bonchev–Trinajstić information content (AvgIpc) is 3.55. The van der Waals surface area contributed by atoms with Gasteiger partial charge in [0.1, 0.15) is 22.8 Å². The normalized spacial score (nSPS) is 25.1. The van der Waals surface area contributed by atoms with E-state index in [0.717, 1.165) is 67.3 Å². The zero-order valence-electron chi connectivity index (χ0n) is 26.1. The number of nitrogens with zero attached hydrogens (tertiary/aromatic N) is 5. The molecule has 240 valence electrons. The molecule has 4 atom stereocenters. The molecule has 0 bridgehead atoms. The van der Waals surface area contributed by atoms with Gasteiger partial charge in [-0.3, -0.25) is 9.88 Å². The van der Waals surface area contributed by atoms with Crippen LogP contribution in [0.2, 0.25) is 5.02 Å². The molecule has 1 aliphatic carbocycles. The third kappa shape index (κ3) is 4.83. The molecule has 0 radical (unpaired) electrons. The molecule has 0 amide bonds. The van der Waals surface area contributed by atoms with Crippen LogP contribution in [-0.4, -0.2) is 77.5 Å². The van der Waals surface area contributed by atoms with Gasteiger partial charge in [0.05, 0.1) is 55.2 Å². The Morgan fingerprint density at radius 3 is 2.63 bits per heavy atom. The number of hydrogen-bond acceptors (Lipinski definition) is 10. The van der Waals surface area contributed by atoms with Crippen molar-refractivity contribution in [1.29, 1.82) is 0 Å². The number of carbonyl (C=O) groups excluding carboxylic acids is 1. The number of fused-ring (bicyclic) bond motifs is 3. The van der Waals surface area contributed by atoms with E-state index < -0.39 is 11.8 Å². The molecule has 1 saturated carbocycles. The second-order valence-corrected chi connectivity index (χ2v) is 12.9. The maximum Gasteiger partial charge on any atom is 0.338 e. The van der Waals surface area contributed by atoms with Crippen LogP contribution in [-0.2, 0) is 28.4 Å². The second kappa shape index (κ2) is 11.3. The molecule has 46 heavy (non-hydrogen) atoms. The van der Waals surface area contributed by atoms with Gasteiger partial charge in [-0.2, -0.15) is 0 Å². The molecule has 2 aromatic heterocycles. The van der Waals surface area contributed by atoms with Crippen molar-refractivity contribution in [2.24, 2.45) is 0 Å². The first-order valence-corrected chi connectivity index (χ1v) is 16.1. The molecule has 3 aliphatic heterocycles. The van der Waals surface area contributed by atoms with Crippen LogP contribution in [0.3, 0.4) is 0 Å². The Bertz CT molecular complexity index is 1810. The van der Waals surface area contributed by atoms with E-state index in [0.29, 0.717) is 53.0 Å². The monoisotopic (exact) mass is 645 g/mol. The number of hydrogen-bond donors (Lipinski definition) is 0. The fraction of sp³-hybridized carbons (Fsp3) is 0.441. The SMILES string of the molecule is COC(=O)c1cc(OC)c2nc(CN3CCN(c4cccc5c4O[C@](C)(c4ccc(Cl)cn4)O5)[C@@H]4CC[C@H]43)n(C[C@@H]3CCO3)c2c1. The number of benzene rings is 2. The summed E-state index contributed by atoms with van der Waals surface area (Å²) in [6.07, 6.45) is 4.91. The summed E-state index contributed by atoms with van der Waals surface area (Å²) in [6, 6.07) is 14.0. The van der Waals surface area contributed by atoms with Crippen molar-refractivity contribution in [3.8, 4) is 17.2 Å². The van der Waals surface area contributed by atoms with Crippen LogP contribution in [0.25, 0.3) is 11.0 Å². The van der Waals surface area contributed by atoms with Crippen molar-refractivity contribution in [1.82, 2.24) is 19.4 Å². The highest BCUT2D eigenvalue weighted by Crippen LogP contribution is 2.51. The van der Waals surface area contributed by atoms with E-state index in [1.165, 1.54) is 7.11 Å². The van der Waals surface area contributed by atoms with Crippen molar-refractivity contribution >= 4 is 34.3 Å². The molecular formula is C34H36ClN5O6. The summed E-state index contributed by atoms with van der Waals surface area (Å²) in [5.74, 6) is 1.50. The summed E-state index contributed by atoms with van der Waals surface area (Å²) in [7, 11) is 2.99. The van der Waals surface area contributed by atoms with E-state index in [-0.39, 0.29) is 6.10 Å². The van der Waals surface area contributed by atoms with Crippen LogP contribution in [0.4, 0.5) is 5.69 Å². The standard InChI is InChI=1S/C34H36ClN5O6/c1-34(29-10-7-21(35)17-36-29)45-27-6-4-5-25(32(27)46-34)39-13-12-38(23-8-9-24(23)39)19-30-37-31-26(40(30)18-22-11-14-44-22)15-20(33(41)43-3)16-28(31)42-2/h4-7,10,15-17,22-24H,8-9,11-14,18-19H2,1-3H3/t22-,23+,24+,34+/m0/s1. The molecule has 3 fully saturated rings. The number of piperazine rings is 1. The second-order valence-electron chi connectivity index (χ2n) is 12.4. The van der Waals surface area contributed by atoms with E-state index in [1.807, 2.05) is 31.2 Å². The molecule has 12 heteroatoms. The van der Waals surface area contributed by atoms with Gasteiger partial charge in [0.25, 0.3) is 5.79 Å². The number of aromatic nitrogens is 3. The van der Waals surface area contributed by atoms with Gasteiger partial charge in [-0.25, -0.2) is 9.78 Å². The lowest BCUT2D eigenvalue weighted by atomic mass is 9.81. The van der Waals surface area contributed by atoms with E-state index in [9.17, 15) is 4.79 Å². The van der Waals surface area contributed by atoms with Gasteiger partial charge in [-0.15, -0.1) is 0 Å². The minimum atomic E-state index is -1.04. The molecule has 2 aromatic carbocycles. The summed E-state index contributed by atoms with van der Waals surface area (Å²) < 4.78 is 31.6. The van der Waals surface area contributed by atoms with Gasteiger partial charge in [0, 0.05) is 44.9 Å². The first-order valence-electron chi connectivity index (χ1n) is 15.8. The Balaban J connectivity index is 1.07. The molecule has 11 nitrogen and oxygen atoms in total. The molecule has 2 saturated heterocycles. The Morgan fingerprint density at radius 2 is 1.93 bits per heavy atom. The van der Waals surface area contributed by atoms with Crippen molar-refractivity contribution < 1.29 is 28.5 Å². The summed E-state index contributed by atoms with van der Waals surface area (Å²) in [6.45, 7) is 5.69. The number of rotatable bonds is 8. The lowest BCUT2D eigenvalue weighted by molar-refractivity contribution is -0.0717. The number of ether oxygens (including phenoxy) is 5. The number of carbonyl (C=O) groups is 1. The Hall–Kier alpha value is -4.06. The first kappa shape index (κ1) is 29.3. The number of para-hydroxylation sites is 1. The molecule has 5 heterocycles. The Labute approximate surface area is 271 Å². The molecule has 8 rings (SSSR count). The van der Waals surface area contributed by atoms with Gasteiger partial charge in [-0.1, -0.05) is 17.7 Å². The van der Waals surface area contributed by atoms with Crippen LogP contribution in [0.1, 0.15) is 48.1 Å². The molecule has 4 aromatic rings. The number of anilines is 1. The van der Waals surface area contributed by atoms with Gasteiger partial charge < -0.3 is 33.2 Å². The van der Waals surface area contributed by atoms with Crippen molar-refractivity contribution in [2.75, 3.05) is 38.8 Å². The Kier molecular flexibility index (Phi) is 7.23. The highest BCUT2D eigenvalue weighted by atomic mass is 35.5. The van der Waals surface area contributed by atoms with Crippen LogP contribution in [0.15, 0.2) is 48.7 Å². The minimum absolute atomic E-state index is 0.119. The number of pyridine rings is 1. The Morgan fingerprint density at radius 1 is 1.09 bits per heavy atom. The van der Waals surface area contributed by atoms with Crippen molar-refractivity contribution in [2.45, 2.75) is 63.3 Å². The van der Waals surface area contributed by atoms with Crippen LogP contribution < -0.4 is 19.1 Å². The van der Waals surface area contributed by atoms with Crippen LogP contribution in [0, 0.1) is 0 Å². The first-order chi connectivity index (χ1) is 22.3. The zero-order chi connectivity index (χ0) is 31.6. The number of halogens is 1. The number of imidazole rings is 1. The largest absolute Gasteiger partial charge is 0.494 e. The predicted molar refractivity (Wildman–Crippen MR) is 171 cm³/mol. The van der Waals surface area contributed by atoms with E-state index in [4.69, 9.17) is 40.3 Å². The molecule has 0 unspecified atom stereocenters. The van der Waals surface area contributed by atoms with E-state index >= 15 is 0 Å². The lowest BCUT2D eigenvalue weighted by Crippen LogP contribution is -2.64.